The number of hydrogen-bond acceptors (Lipinski definition) is 2. The highest BCUT2D eigenvalue weighted by molar-refractivity contribution is 5.40. The zero-order valence-electron chi connectivity index (χ0n) is 11.4. The Hall–Kier alpha value is -1.02. The van der Waals surface area contributed by atoms with E-state index in [-0.39, 0.29) is 0 Å². The molecule has 98 valence electrons. The molecule has 1 aromatic carbocycles. The predicted octanol–water partition coefficient (Wildman–Crippen LogP) is 3.08. The van der Waals surface area contributed by atoms with Crippen LogP contribution >= 0.6 is 0 Å². The Morgan fingerprint density at radius 2 is 2.22 bits per heavy atom. The van der Waals surface area contributed by atoms with Gasteiger partial charge in [0, 0.05) is 12.5 Å². The average molecular weight is 245 g/mol. The minimum atomic E-state index is 0.399. The molecule has 1 aliphatic carbocycles. The first-order chi connectivity index (χ1) is 8.76. The minimum Gasteiger partial charge on any atom is -0.490 e. The van der Waals surface area contributed by atoms with Crippen LogP contribution in [0.3, 0.4) is 0 Å². The summed E-state index contributed by atoms with van der Waals surface area (Å²) in [7, 11) is 2.09. The molecule has 3 rings (SSSR count). The number of fused-ring (bicyclic) bond motifs is 1. The van der Waals surface area contributed by atoms with E-state index in [1.807, 2.05) is 0 Å². The van der Waals surface area contributed by atoms with Gasteiger partial charge in [0.1, 0.15) is 11.9 Å². The van der Waals surface area contributed by atoms with Gasteiger partial charge in [0.2, 0.25) is 0 Å². The first kappa shape index (κ1) is 12.0. The molecule has 0 aromatic heterocycles. The van der Waals surface area contributed by atoms with Gasteiger partial charge in [-0.2, -0.15) is 0 Å². The molecule has 0 bridgehead atoms. The van der Waals surface area contributed by atoms with Crippen molar-refractivity contribution < 1.29 is 4.74 Å². The topological polar surface area (TPSA) is 21.3 Å². The number of hydrogen-bond donors (Lipinski definition) is 1. The maximum Gasteiger partial charge on any atom is 0.123 e. The standard InChI is InChI=1S/C16H23NO/c1-11-3-8-16-13(9-11)10-14(18-16)6-7-15(17-2)12-4-5-12/h3,8-9,12,14-15,17H,4-7,10H2,1-2H3. The summed E-state index contributed by atoms with van der Waals surface area (Å²) in [5.74, 6) is 2.04. The van der Waals surface area contributed by atoms with Crippen molar-refractivity contribution in [2.45, 2.75) is 51.2 Å². The fourth-order valence-corrected chi connectivity index (χ4v) is 3.09. The number of aryl methyl sites for hydroxylation is 1. The van der Waals surface area contributed by atoms with E-state index in [1.165, 1.54) is 36.8 Å². The summed E-state index contributed by atoms with van der Waals surface area (Å²) < 4.78 is 6.03. The Kier molecular flexibility index (Phi) is 3.29. The van der Waals surface area contributed by atoms with Crippen LogP contribution in [0.15, 0.2) is 18.2 Å². The van der Waals surface area contributed by atoms with Gasteiger partial charge in [-0.1, -0.05) is 17.7 Å². The fourth-order valence-electron chi connectivity index (χ4n) is 3.09. The van der Waals surface area contributed by atoms with E-state index in [9.17, 15) is 0 Å². The van der Waals surface area contributed by atoms with Gasteiger partial charge in [-0.3, -0.25) is 0 Å². The lowest BCUT2D eigenvalue weighted by atomic mass is 10.0. The monoisotopic (exact) mass is 245 g/mol. The molecule has 0 radical (unpaired) electrons. The number of nitrogens with one attached hydrogen (secondary N) is 1. The van der Waals surface area contributed by atoms with Crippen LogP contribution in [0.1, 0.15) is 36.8 Å². The maximum atomic E-state index is 6.03. The molecule has 2 aliphatic rings. The highest BCUT2D eigenvalue weighted by Crippen LogP contribution is 2.36. The summed E-state index contributed by atoms with van der Waals surface area (Å²) in [4.78, 5) is 0. The molecule has 2 atom stereocenters. The van der Waals surface area contributed by atoms with E-state index in [2.05, 4.69) is 37.5 Å². The predicted molar refractivity (Wildman–Crippen MR) is 74.1 cm³/mol. The quantitative estimate of drug-likeness (QED) is 0.860. The second-order valence-corrected chi connectivity index (χ2v) is 5.87. The van der Waals surface area contributed by atoms with Crippen molar-refractivity contribution in [2.24, 2.45) is 5.92 Å². The second-order valence-electron chi connectivity index (χ2n) is 5.87. The SMILES string of the molecule is CNC(CCC1Cc2cc(C)ccc2O1)C1CC1. The molecule has 1 aromatic rings. The Labute approximate surface area is 110 Å². The zero-order chi connectivity index (χ0) is 12.5. The molecule has 1 heterocycles. The lowest BCUT2D eigenvalue weighted by Gasteiger charge is -2.17. The van der Waals surface area contributed by atoms with Gasteiger partial charge in [-0.15, -0.1) is 0 Å². The first-order valence-corrected chi connectivity index (χ1v) is 7.19. The fraction of sp³-hybridized carbons (Fsp3) is 0.625. The lowest BCUT2D eigenvalue weighted by molar-refractivity contribution is 0.209. The van der Waals surface area contributed by atoms with Crippen molar-refractivity contribution in [1.82, 2.24) is 5.32 Å². The van der Waals surface area contributed by atoms with E-state index in [0.29, 0.717) is 12.1 Å². The maximum absolute atomic E-state index is 6.03. The van der Waals surface area contributed by atoms with Crippen molar-refractivity contribution >= 4 is 0 Å². The Morgan fingerprint density at radius 3 is 2.94 bits per heavy atom. The third kappa shape index (κ3) is 2.54. The molecule has 0 amide bonds. The van der Waals surface area contributed by atoms with Gasteiger partial charge in [-0.05, 0) is 57.2 Å². The van der Waals surface area contributed by atoms with Gasteiger partial charge in [0.25, 0.3) is 0 Å². The number of rotatable bonds is 5. The van der Waals surface area contributed by atoms with Crippen LogP contribution in [0.4, 0.5) is 0 Å². The van der Waals surface area contributed by atoms with Crippen LogP contribution < -0.4 is 10.1 Å². The molecule has 18 heavy (non-hydrogen) atoms. The first-order valence-electron chi connectivity index (χ1n) is 7.19. The van der Waals surface area contributed by atoms with Crippen LogP contribution in [-0.2, 0) is 6.42 Å². The summed E-state index contributed by atoms with van der Waals surface area (Å²) in [5, 5.41) is 3.46. The molecule has 1 saturated carbocycles. The van der Waals surface area contributed by atoms with Crippen LogP contribution in [0, 0.1) is 12.8 Å². The van der Waals surface area contributed by atoms with Crippen LogP contribution in [0.25, 0.3) is 0 Å². The van der Waals surface area contributed by atoms with Crippen LogP contribution in [0.2, 0.25) is 0 Å². The van der Waals surface area contributed by atoms with Crippen molar-refractivity contribution in [3.63, 3.8) is 0 Å². The highest BCUT2D eigenvalue weighted by atomic mass is 16.5. The summed E-state index contributed by atoms with van der Waals surface area (Å²) in [6.07, 6.45) is 6.75. The second kappa shape index (κ2) is 4.93. The Morgan fingerprint density at radius 1 is 1.39 bits per heavy atom. The van der Waals surface area contributed by atoms with E-state index in [4.69, 9.17) is 4.74 Å². The van der Waals surface area contributed by atoms with Crippen molar-refractivity contribution in [2.75, 3.05) is 7.05 Å². The average Bonchev–Trinajstić information content (AvgIpc) is 3.10. The number of benzene rings is 1. The highest BCUT2D eigenvalue weighted by Gasteiger charge is 2.31. The molecule has 0 saturated heterocycles. The smallest absolute Gasteiger partial charge is 0.123 e. The summed E-state index contributed by atoms with van der Waals surface area (Å²) in [5.41, 5.74) is 2.73. The van der Waals surface area contributed by atoms with Crippen molar-refractivity contribution in [3.05, 3.63) is 29.3 Å². The van der Waals surface area contributed by atoms with E-state index in [0.717, 1.165) is 18.1 Å². The molecular weight excluding hydrogens is 222 g/mol. The van der Waals surface area contributed by atoms with Gasteiger partial charge in [0.15, 0.2) is 0 Å². The molecule has 0 spiro atoms. The molecular formula is C16H23NO. The van der Waals surface area contributed by atoms with Gasteiger partial charge in [-0.25, -0.2) is 0 Å². The summed E-state index contributed by atoms with van der Waals surface area (Å²) >= 11 is 0. The summed E-state index contributed by atoms with van der Waals surface area (Å²) in [6.45, 7) is 2.15. The van der Waals surface area contributed by atoms with Gasteiger partial charge in [0.05, 0.1) is 0 Å². The lowest BCUT2D eigenvalue weighted by Crippen LogP contribution is -2.29. The molecule has 2 unspecified atom stereocenters. The van der Waals surface area contributed by atoms with Gasteiger partial charge < -0.3 is 10.1 Å². The van der Waals surface area contributed by atoms with Crippen molar-refractivity contribution in [3.8, 4) is 5.75 Å². The van der Waals surface area contributed by atoms with E-state index < -0.39 is 0 Å². The normalized spacial score (nSPS) is 23.6. The van der Waals surface area contributed by atoms with Crippen molar-refractivity contribution in [1.29, 1.82) is 0 Å². The molecule has 1 aliphatic heterocycles. The molecule has 1 fully saturated rings. The Bertz CT molecular complexity index is 425. The van der Waals surface area contributed by atoms with E-state index in [1.54, 1.807) is 0 Å². The van der Waals surface area contributed by atoms with Crippen LogP contribution in [0.5, 0.6) is 5.75 Å². The van der Waals surface area contributed by atoms with Gasteiger partial charge >= 0.3 is 0 Å². The van der Waals surface area contributed by atoms with E-state index >= 15 is 0 Å². The molecule has 1 N–H and O–H groups in total. The zero-order valence-corrected chi connectivity index (χ0v) is 11.4. The largest absolute Gasteiger partial charge is 0.490 e. The molecule has 2 heteroatoms. The van der Waals surface area contributed by atoms with Crippen LogP contribution in [-0.4, -0.2) is 19.2 Å². The minimum absolute atomic E-state index is 0.399. The summed E-state index contributed by atoms with van der Waals surface area (Å²) in [6, 6.07) is 7.24. The Balaban J connectivity index is 1.54. The number of ether oxygens (including phenoxy) is 1. The third-order valence-corrected chi connectivity index (χ3v) is 4.32. The third-order valence-electron chi connectivity index (χ3n) is 4.32. The molecule has 2 nitrogen and oxygen atoms in total.